The van der Waals surface area contributed by atoms with Crippen molar-refractivity contribution in [1.82, 2.24) is 19.7 Å². The van der Waals surface area contributed by atoms with Crippen LogP contribution in [-0.4, -0.2) is 43.1 Å². The second-order valence-electron chi connectivity index (χ2n) is 8.59. The molecule has 156 valence electrons. The highest BCUT2D eigenvalue weighted by Crippen LogP contribution is 2.28. The van der Waals surface area contributed by atoms with E-state index in [1.165, 1.54) is 11.6 Å². The smallest absolute Gasteiger partial charge is 0.328 e. The minimum absolute atomic E-state index is 0.0644. The molecule has 1 aliphatic carbocycles. The van der Waals surface area contributed by atoms with E-state index < -0.39 is 11.6 Å². The number of nitrogens with zero attached hydrogens (tertiary/aromatic N) is 4. The number of esters is 1. The molecule has 0 atom stereocenters. The molecule has 1 fully saturated rings. The van der Waals surface area contributed by atoms with E-state index in [2.05, 4.69) is 20.4 Å². The number of hydrogen-bond acceptors (Lipinski definition) is 7. The van der Waals surface area contributed by atoms with Crippen LogP contribution in [0.5, 0.6) is 0 Å². The Morgan fingerprint density at radius 1 is 1.17 bits per heavy atom. The van der Waals surface area contributed by atoms with Gasteiger partial charge in [0.1, 0.15) is 17.8 Å². The van der Waals surface area contributed by atoms with E-state index in [-0.39, 0.29) is 12.3 Å². The number of Topliss-reactive ketones (excluding diaryl/α,β-unsaturated/α-hetero) is 1. The quantitative estimate of drug-likeness (QED) is 0.492. The molecule has 3 aromatic rings. The van der Waals surface area contributed by atoms with E-state index in [4.69, 9.17) is 4.74 Å². The highest BCUT2D eigenvalue weighted by atomic mass is 16.6. The Kier molecular flexibility index (Phi) is 5.01. The first-order valence-corrected chi connectivity index (χ1v) is 10.0. The van der Waals surface area contributed by atoms with Gasteiger partial charge in [0.05, 0.1) is 5.52 Å². The van der Waals surface area contributed by atoms with Gasteiger partial charge in [0.2, 0.25) is 5.95 Å². The largest absolute Gasteiger partial charge is 0.459 e. The van der Waals surface area contributed by atoms with E-state index in [1.54, 1.807) is 12.4 Å². The predicted octanol–water partition coefficient (Wildman–Crippen LogP) is 3.61. The number of carbonyl (C=O) groups is 2. The monoisotopic (exact) mass is 407 g/mol. The first-order valence-electron chi connectivity index (χ1n) is 10.0. The van der Waals surface area contributed by atoms with E-state index >= 15 is 0 Å². The summed E-state index contributed by atoms with van der Waals surface area (Å²) in [6.07, 6.45) is 5.83. The highest BCUT2D eigenvalue weighted by molar-refractivity contribution is 6.06. The zero-order chi connectivity index (χ0) is 21.5. The van der Waals surface area contributed by atoms with Crippen LogP contribution in [0.2, 0.25) is 0 Å². The molecular weight excluding hydrogens is 382 g/mol. The molecule has 30 heavy (non-hydrogen) atoms. The van der Waals surface area contributed by atoms with Crippen molar-refractivity contribution in [2.45, 2.75) is 58.7 Å². The first kappa shape index (κ1) is 20.0. The number of nitrogens with one attached hydrogen (secondary N) is 1. The summed E-state index contributed by atoms with van der Waals surface area (Å²) in [4.78, 5) is 33.2. The van der Waals surface area contributed by atoms with E-state index in [1.807, 2.05) is 39.0 Å². The number of hydrogen-bond donors (Lipinski definition) is 1. The third-order valence-electron chi connectivity index (χ3n) is 4.68. The minimum atomic E-state index is -0.586. The summed E-state index contributed by atoms with van der Waals surface area (Å²) in [5.74, 6) is 0.0514. The summed E-state index contributed by atoms with van der Waals surface area (Å²) in [7, 11) is 0. The number of anilines is 1. The predicted molar refractivity (Wildman–Crippen MR) is 113 cm³/mol. The molecular formula is C22H25N5O3. The van der Waals surface area contributed by atoms with Gasteiger partial charge in [-0.05, 0) is 51.3 Å². The molecule has 8 heteroatoms. The van der Waals surface area contributed by atoms with Crippen LogP contribution in [0, 0.1) is 0 Å². The lowest BCUT2D eigenvalue weighted by atomic mass is 10.0. The van der Waals surface area contributed by atoms with Gasteiger partial charge >= 0.3 is 5.97 Å². The van der Waals surface area contributed by atoms with Gasteiger partial charge in [-0.15, -0.1) is 0 Å². The van der Waals surface area contributed by atoms with E-state index in [0.29, 0.717) is 28.6 Å². The van der Waals surface area contributed by atoms with Crippen molar-refractivity contribution in [3.63, 3.8) is 0 Å². The van der Waals surface area contributed by atoms with Crippen LogP contribution >= 0.6 is 0 Å². The molecule has 4 rings (SSSR count). The molecule has 1 aromatic carbocycles. The first-order chi connectivity index (χ1) is 14.2. The number of carbonyl (C=O) groups excluding carboxylic acids is 2. The molecule has 1 aliphatic rings. The molecule has 1 saturated carbocycles. The Bertz CT molecular complexity index is 1110. The number of aromatic nitrogens is 4. The number of ketones is 1. The number of ether oxygens (including phenoxy) is 1. The van der Waals surface area contributed by atoms with Crippen LogP contribution < -0.4 is 5.32 Å². The van der Waals surface area contributed by atoms with E-state index in [0.717, 1.165) is 24.0 Å². The van der Waals surface area contributed by atoms with Gasteiger partial charge in [-0.3, -0.25) is 14.3 Å². The summed E-state index contributed by atoms with van der Waals surface area (Å²) < 4.78 is 6.91. The van der Waals surface area contributed by atoms with E-state index in [9.17, 15) is 9.59 Å². The topological polar surface area (TPSA) is 99.0 Å². The zero-order valence-electron chi connectivity index (χ0n) is 17.6. The maximum Gasteiger partial charge on any atom is 0.328 e. The second-order valence-corrected chi connectivity index (χ2v) is 8.59. The Morgan fingerprint density at radius 2 is 1.87 bits per heavy atom. The van der Waals surface area contributed by atoms with Crippen LogP contribution in [-0.2, 0) is 16.1 Å². The average Bonchev–Trinajstić information content (AvgIpc) is 3.40. The van der Waals surface area contributed by atoms with Gasteiger partial charge in [-0.25, -0.2) is 9.97 Å². The maximum absolute atomic E-state index is 12.3. The van der Waals surface area contributed by atoms with Crippen molar-refractivity contribution in [3.8, 4) is 11.1 Å². The molecule has 2 heterocycles. The normalized spacial score (nSPS) is 14.0. The Morgan fingerprint density at radius 3 is 2.47 bits per heavy atom. The maximum atomic E-state index is 12.3. The van der Waals surface area contributed by atoms with Crippen molar-refractivity contribution >= 4 is 28.6 Å². The summed E-state index contributed by atoms with van der Waals surface area (Å²) in [5.41, 5.74) is 2.15. The fraction of sp³-hybridized carbons (Fsp3) is 0.409. The lowest BCUT2D eigenvalue weighted by Gasteiger charge is -2.19. The molecule has 0 amide bonds. The standard InChI is InChI=1S/C22H25N5O3/c1-13(28)20-17-9-14(15-10-23-21(24-11-15)25-16-6-7-16)5-8-18(17)27(26-20)12-19(29)30-22(2,3)4/h5,8-11,16H,6-7,12H2,1-4H3,(H,23,24,25). The van der Waals surface area contributed by atoms with Crippen LogP contribution in [0.25, 0.3) is 22.0 Å². The third-order valence-corrected chi connectivity index (χ3v) is 4.68. The molecule has 8 nitrogen and oxygen atoms in total. The molecule has 1 N–H and O–H groups in total. The van der Waals surface area contributed by atoms with Crippen LogP contribution in [0.3, 0.4) is 0 Å². The number of benzene rings is 1. The van der Waals surface area contributed by atoms with Gasteiger partial charge in [0.15, 0.2) is 5.78 Å². The van der Waals surface area contributed by atoms with Crippen molar-refractivity contribution < 1.29 is 14.3 Å². The fourth-order valence-electron chi connectivity index (χ4n) is 3.20. The van der Waals surface area contributed by atoms with Crippen LogP contribution in [0.15, 0.2) is 30.6 Å². The second kappa shape index (κ2) is 7.51. The molecule has 0 spiro atoms. The van der Waals surface area contributed by atoms with Gasteiger partial charge in [0.25, 0.3) is 0 Å². The molecule has 0 radical (unpaired) electrons. The van der Waals surface area contributed by atoms with Crippen molar-refractivity contribution in [1.29, 1.82) is 0 Å². The van der Waals surface area contributed by atoms with Gasteiger partial charge in [-0.2, -0.15) is 5.10 Å². The average molecular weight is 407 g/mol. The Hall–Kier alpha value is -3.29. The van der Waals surface area contributed by atoms with Gasteiger partial charge in [0, 0.05) is 36.3 Å². The zero-order valence-corrected chi connectivity index (χ0v) is 17.6. The lowest BCUT2D eigenvalue weighted by Crippen LogP contribution is -2.26. The molecule has 0 unspecified atom stereocenters. The van der Waals surface area contributed by atoms with Crippen molar-refractivity contribution in [3.05, 3.63) is 36.3 Å². The molecule has 0 aliphatic heterocycles. The highest BCUT2D eigenvalue weighted by Gasteiger charge is 2.22. The van der Waals surface area contributed by atoms with Gasteiger partial charge in [-0.1, -0.05) is 6.07 Å². The summed E-state index contributed by atoms with van der Waals surface area (Å²) in [6, 6.07) is 6.13. The molecule has 0 saturated heterocycles. The SMILES string of the molecule is CC(=O)c1nn(CC(=O)OC(C)(C)C)c2ccc(-c3cnc(NC4CC4)nc3)cc12. The third kappa shape index (κ3) is 4.48. The molecule has 0 bridgehead atoms. The molecule has 2 aromatic heterocycles. The van der Waals surface area contributed by atoms with Crippen molar-refractivity contribution in [2.24, 2.45) is 0 Å². The summed E-state index contributed by atoms with van der Waals surface area (Å²) in [6.45, 7) is 6.84. The minimum Gasteiger partial charge on any atom is -0.459 e. The Balaban J connectivity index is 1.65. The summed E-state index contributed by atoms with van der Waals surface area (Å²) in [5, 5.41) is 8.32. The fourth-order valence-corrected chi connectivity index (χ4v) is 3.20. The van der Waals surface area contributed by atoms with Crippen LogP contribution in [0.1, 0.15) is 51.0 Å². The number of fused-ring (bicyclic) bond motifs is 1. The Labute approximate surface area is 174 Å². The van der Waals surface area contributed by atoms with Gasteiger partial charge < -0.3 is 10.1 Å². The summed E-state index contributed by atoms with van der Waals surface area (Å²) >= 11 is 0. The number of rotatable bonds is 6. The van der Waals surface area contributed by atoms with Crippen molar-refractivity contribution in [2.75, 3.05) is 5.32 Å². The van der Waals surface area contributed by atoms with Crippen LogP contribution in [0.4, 0.5) is 5.95 Å². The lowest BCUT2D eigenvalue weighted by molar-refractivity contribution is -0.155.